The van der Waals surface area contributed by atoms with Crippen LogP contribution in [0.1, 0.15) is 49.4 Å². The van der Waals surface area contributed by atoms with Crippen LogP contribution in [0.3, 0.4) is 0 Å². The van der Waals surface area contributed by atoms with Crippen LogP contribution in [-0.2, 0) is 0 Å². The van der Waals surface area contributed by atoms with E-state index in [1.807, 2.05) is 24.3 Å². The lowest BCUT2D eigenvalue weighted by atomic mass is 9.84. The van der Waals surface area contributed by atoms with Gasteiger partial charge in [0.25, 0.3) is 0 Å². The number of likely N-dealkylation sites (N-methyl/N-ethyl adjacent to an activating group) is 1. The minimum atomic E-state index is 0.214. The van der Waals surface area contributed by atoms with E-state index in [2.05, 4.69) is 34.8 Å². The molecule has 0 unspecified atom stereocenters. The maximum Gasteiger partial charge on any atom is 0.176 e. The first-order valence-electron chi connectivity index (χ1n) is 7.59. The standard InChI is InChI=1S/C17H24BrNO/c1-3-13-7-9-16(10-8-13)19(2)12-17(20)14-5-4-6-15(18)11-14/h4-6,11,13,16H,3,7-10,12H2,1-2H3. The van der Waals surface area contributed by atoms with Crippen molar-refractivity contribution in [3.63, 3.8) is 0 Å². The molecular weight excluding hydrogens is 314 g/mol. The van der Waals surface area contributed by atoms with Crippen LogP contribution in [0.25, 0.3) is 0 Å². The average Bonchev–Trinajstić information content (AvgIpc) is 2.47. The number of benzene rings is 1. The largest absolute Gasteiger partial charge is 0.296 e. The van der Waals surface area contributed by atoms with Gasteiger partial charge in [0.1, 0.15) is 0 Å². The molecule has 3 heteroatoms. The molecule has 0 N–H and O–H groups in total. The molecule has 20 heavy (non-hydrogen) atoms. The number of halogens is 1. The van der Waals surface area contributed by atoms with Crippen molar-refractivity contribution in [2.45, 2.75) is 45.1 Å². The van der Waals surface area contributed by atoms with Gasteiger partial charge >= 0.3 is 0 Å². The van der Waals surface area contributed by atoms with Crippen molar-refractivity contribution in [3.05, 3.63) is 34.3 Å². The van der Waals surface area contributed by atoms with Crippen molar-refractivity contribution in [3.8, 4) is 0 Å². The van der Waals surface area contributed by atoms with Crippen LogP contribution in [0.2, 0.25) is 0 Å². The number of carbonyl (C=O) groups is 1. The number of carbonyl (C=O) groups excluding carboxylic acids is 1. The van der Waals surface area contributed by atoms with E-state index < -0.39 is 0 Å². The van der Waals surface area contributed by atoms with Gasteiger partial charge in [0, 0.05) is 16.1 Å². The molecule has 0 aromatic heterocycles. The molecule has 1 aliphatic rings. The highest BCUT2D eigenvalue weighted by atomic mass is 79.9. The fraction of sp³-hybridized carbons (Fsp3) is 0.588. The number of ketones is 1. The summed E-state index contributed by atoms with van der Waals surface area (Å²) in [5, 5.41) is 0. The van der Waals surface area contributed by atoms with Crippen molar-refractivity contribution in [2.75, 3.05) is 13.6 Å². The summed E-state index contributed by atoms with van der Waals surface area (Å²) in [5.74, 6) is 1.12. The third-order valence-corrected chi connectivity index (χ3v) is 5.05. The molecule has 0 radical (unpaired) electrons. The number of Topliss-reactive ketones (excluding diaryl/α,β-unsaturated/α-hetero) is 1. The third kappa shape index (κ3) is 4.16. The van der Waals surface area contributed by atoms with Crippen molar-refractivity contribution in [2.24, 2.45) is 5.92 Å². The molecule has 1 saturated carbocycles. The van der Waals surface area contributed by atoms with Gasteiger partial charge in [-0.15, -0.1) is 0 Å². The zero-order chi connectivity index (χ0) is 14.5. The molecule has 0 bridgehead atoms. The van der Waals surface area contributed by atoms with Crippen molar-refractivity contribution < 1.29 is 4.79 Å². The summed E-state index contributed by atoms with van der Waals surface area (Å²) in [6.07, 6.45) is 6.40. The molecule has 0 spiro atoms. The average molecular weight is 338 g/mol. The van der Waals surface area contributed by atoms with Crippen molar-refractivity contribution >= 4 is 21.7 Å². The van der Waals surface area contributed by atoms with Crippen LogP contribution in [0, 0.1) is 5.92 Å². The van der Waals surface area contributed by atoms with Crippen LogP contribution >= 0.6 is 15.9 Å². The Morgan fingerprint density at radius 2 is 2.00 bits per heavy atom. The smallest absolute Gasteiger partial charge is 0.176 e. The van der Waals surface area contributed by atoms with Gasteiger partial charge in [-0.2, -0.15) is 0 Å². The highest BCUT2D eigenvalue weighted by Crippen LogP contribution is 2.29. The first-order chi connectivity index (χ1) is 9.60. The van der Waals surface area contributed by atoms with E-state index in [-0.39, 0.29) is 5.78 Å². The fourth-order valence-electron chi connectivity index (χ4n) is 3.10. The molecule has 1 aromatic rings. The first-order valence-corrected chi connectivity index (χ1v) is 8.38. The Labute approximate surface area is 130 Å². The third-order valence-electron chi connectivity index (χ3n) is 4.56. The minimum Gasteiger partial charge on any atom is -0.296 e. The van der Waals surface area contributed by atoms with E-state index >= 15 is 0 Å². The second-order valence-electron chi connectivity index (χ2n) is 5.93. The van der Waals surface area contributed by atoms with Gasteiger partial charge in [0.2, 0.25) is 0 Å². The predicted molar refractivity (Wildman–Crippen MR) is 87.1 cm³/mol. The maximum atomic E-state index is 12.3. The topological polar surface area (TPSA) is 20.3 Å². The summed E-state index contributed by atoms with van der Waals surface area (Å²) in [6, 6.07) is 8.25. The van der Waals surface area contributed by atoms with Crippen LogP contribution < -0.4 is 0 Å². The first kappa shape index (κ1) is 15.7. The molecule has 0 saturated heterocycles. The molecule has 1 aromatic carbocycles. The summed E-state index contributed by atoms with van der Waals surface area (Å²) in [4.78, 5) is 14.6. The Kier molecular flexibility index (Phi) is 5.79. The van der Waals surface area contributed by atoms with E-state index in [1.165, 1.54) is 32.1 Å². The van der Waals surface area contributed by atoms with E-state index in [1.54, 1.807) is 0 Å². The van der Waals surface area contributed by atoms with Gasteiger partial charge in [-0.3, -0.25) is 9.69 Å². The van der Waals surface area contributed by atoms with Crippen LogP contribution in [0.5, 0.6) is 0 Å². The number of hydrogen-bond acceptors (Lipinski definition) is 2. The van der Waals surface area contributed by atoms with E-state index in [0.717, 1.165) is 16.0 Å². The molecule has 0 amide bonds. The van der Waals surface area contributed by atoms with Crippen molar-refractivity contribution in [1.29, 1.82) is 0 Å². The molecule has 0 atom stereocenters. The zero-order valence-corrected chi connectivity index (χ0v) is 14.0. The lowest BCUT2D eigenvalue weighted by Crippen LogP contribution is -2.38. The monoisotopic (exact) mass is 337 g/mol. The molecule has 1 fully saturated rings. The fourth-order valence-corrected chi connectivity index (χ4v) is 3.50. The number of nitrogens with zero attached hydrogens (tertiary/aromatic N) is 1. The number of hydrogen-bond donors (Lipinski definition) is 0. The summed E-state index contributed by atoms with van der Waals surface area (Å²) in [7, 11) is 2.09. The molecule has 0 aliphatic heterocycles. The SMILES string of the molecule is CCC1CCC(N(C)CC(=O)c2cccc(Br)c2)CC1. The molecule has 0 heterocycles. The van der Waals surface area contributed by atoms with Crippen molar-refractivity contribution in [1.82, 2.24) is 4.90 Å². The molecule has 2 rings (SSSR count). The lowest BCUT2D eigenvalue weighted by molar-refractivity contribution is 0.0885. The Bertz CT molecular complexity index is 452. The summed E-state index contributed by atoms with van der Waals surface area (Å²) < 4.78 is 0.967. The zero-order valence-electron chi connectivity index (χ0n) is 12.4. The Hall–Kier alpha value is -0.670. The Balaban J connectivity index is 1.88. The maximum absolute atomic E-state index is 12.3. The normalized spacial score (nSPS) is 23.0. The van der Waals surface area contributed by atoms with Gasteiger partial charge in [0.05, 0.1) is 6.54 Å². The second kappa shape index (κ2) is 7.37. The minimum absolute atomic E-state index is 0.214. The quantitative estimate of drug-likeness (QED) is 0.735. The number of rotatable bonds is 5. The van der Waals surface area contributed by atoms with E-state index in [0.29, 0.717) is 12.6 Å². The van der Waals surface area contributed by atoms with Gasteiger partial charge in [-0.05, 0) is 50.8 Å². The van der Waals surface area contributed by atoms with Crippen LogP contribution in [0.4, 0.5) is 0 Å². The highest BCUT2D eigenvalue weighted by Gasteiger charge is 2.24. The van der Waals surface area contributed by atoms with Gasteiger partial charge in [0.15, 0.2) is 5.78 Å². The van der Waals surface area contributed by atoms with Crippen LogP contribution in [-0.4, -0.2) is 30.3 Å². The van der Waals surface area contributed by atoms with E-state index in [9.17, 15) is 4.79 Å². The Morgan fingerprint density at radius 1 is 1.30 bits per heavy atom. The molecule has 110 valence electrons. The Morgan fingerprint density at radius 3 is 2.60 bits per heavy atom. The molecule has 2 nitrogen and oxygen atoms in total. The predicted octanol–water partition coefficient (Wildman–Crippen LogP) is 4.53. The van der Waals surface area contributed by atoms with Gasteiger partial charge in [-0.25, -0.2) is 0 Å². The summed E-state index contributed by atoms with van der Waals surface area (Å²) in [5.41, 5.74) is 0.800. The summed E-state index contributed by atoms with van der Waals surface area (Å²) >= 11 is 3.42. The van der Waals surface area contributed by atoms with Gasteiger partial charge in [-0.1, -0.05) is 41.4 Å². The van der Waals surface area contributed by atoms with E-state index in [4.69, 9.17) is 0 Å². The van der Waals surface area contributed by atoms with Gasteiger partial charge < -0.3 is 0 Å². The lowest BCUT2D eigenvalue weighted by Gasteiger charge is -2.34. The molecule has 1 aliphatic carbocycles. The van der Waals surface area contributed by atoms with Crippen LogP contribution in [0.15, 0.2) is 28.7 Å². The highest BCUT2D eigenvalue weighted by molar-refractivity contribution is 9.10. The second-order valence-corrected chi connectivity index (χ2v) is 6.85. The molecular formula is C17H24BrNO. The summed E-state index contributed by atoms with van der Waals surface area (Å²) in [6.45, 7) is 2.81.